The molecule has 4 heteroatoms. The van der Waals surface area contributed by atoms with Gasteiger partial charge in [0, 0.05) is 12.0 Å². The Balaban J connectivity index is 3.79. The van der Waals surface area contributed by atoms with E-state index in [-0.39, 0.29) is 60.0 Å². The van der Waals surface area contributed by atoms with Crippen molar-refractivity contribution in [3.8, 4) is 0 Å². The van der Waals surface area contributed by atoms with Gasteiger partial charge in [-0.15, -0.1) is 0 Å². The van der Waals surface area contributed by atoms with Crippen molar-refractivity contribution in [2.75, 3.05) is 0 Å². The minimum absolute atomic E-state index is 0.0228. The van der Waals surface area contributed by atoms with E-state index in [1.165, 1.54) is 16.7 Å². The monoisotopic (exact) mass is 618 g/mol. The standard InChI is InChI=1S/C41H62O4/c1-28(2)15-12-18-32(9)21-22-35-38(43)37(36(42)27-31(7)8)40(45)41(39(35)44,25-23-33(10)19-13-16-29(3)4)26-24-34(11)20-14-17-30(5)6/h15-17,21,23-24,31,43-44H,12-14,18-20,22,25-27H2,1-11H3/b32-21-,33-23+,34-24+. The van der Waals surface area contributed by atoms with Crippen LogP contribution < -0.4 is 0 Å². The van der Waals surface area contributed by atoms with Crippen LogP contribution in [0.2, 0.25) is 0 Å². The van der Waals surface area contributed by atoms with Crippen molar-refractivity contribution in [2.45, 2.75) is 140 Å². The number of ketones is 2. The predicted octanol–water partition coefficient (Wildman–Crippen LogP) is 12.0. The second-order valence-corrected chi connectivity index (χ2v) is 14.2. The largest absolute Gasteiger partial charge is 0.511 e. The molecule has 1 rings (SSSR count). The summed E-state index contributed by atoms with van der Waals surface area (Å²) >= 11 is 0. The minimum Gasteiger partial charge on any atom is -0.511 e. The molecular weight excluding hydrogens is 556 g/mol. The van der Waals surface area contributed by atoms with Gasteiger partial charge in [0.1, 0.15) is 17.1 Å². The van der Waals surface area contributed by atoms with Gasteiger partial charge in [0.15, 0.2) is 11.6 Å². The summed E-state index contributed by atoms with van der Waals surface area (Å²) in [6.07, 6.45) is 18.9. The first kappa shape index (κ1) is 39.9. The Morgan fingerprint density at radius 2 is 1.07 bits per heavy atom. The summed E-state index contributed by atoms with van der Waals surface area (Å²) in [5, 5.41) is 23.5. The van der Waals surface area contributed by atoms with Crippen molar-refractivity contribution in [1.82, 2.24) is 0 Å². The lowest BCUT2D eigenvalue weighted by Gasteiger charge is -2.36. The number of rotatable bonds is 18. The molecule has 0 unspecified atom stereocenters. The third kappa shape index (κ3) is 13.4. The smallest absolute Gasteiger partial charge is 0.184 e. The zero-order valence-corrected chi connectivity index (χ0v) is 30.3. The number of carbonyl (C=O) groups excluding carboxylic acids is 2. The van der Waals surface area contributed by atoms with Crippen molar-refractivity contribution < 1.29 is 19.8 Å². The lowest BCUT2D eigenvalue weighted by molar-refractivity contribution is -0.128. The molecule has 4 nitrogen and oxygen atoms in total. The number of aliphatic hydroxyl groups is 2. The summed E-state index contributed by atoms with van der Waals surface area (Å²) in [7, 11) is 0. The van der Waals surface area contributed by atoms with Crippen LogP contribution in [-0.4, -0.2) is 21.8 Å². The van der Waals surface area contributed by atoms with E-state index < -0.39 is 11.2 Å². The fraction of sp³-hybridized carbons (Fsp3) is 0.561. The Kier molecular flexibility index (Phi) is 17.2. The van der Waals surface area contributed by atoms with Gasteiger partial charge in [-0.25, -0.2) is 0 Å². The molecule has 1 aliphatic rings. The van der Waals surface area contributed by atoms with Gasteiger partial charge in [-0.2, -0.15) is 0 Å². The summed E-state index contributed by atoms with van der Waals surface area (Å²) in [5.74, 6) is -1.28. The summed E-state index contributed by atoms with van der Waals surface area (Å²) in [6.45, 7) is 22.5. The first-order valence-corrected chi connectivity index (χ1v) is 16.8. The van der Waals surface area contributed by atoms with E-state index in [1.807, 2.05) is 39.0 Å². The van der Waals surface area contributed by atoms with Crippen molar-refractivity contribution in [3.63, 3.8) is 0 Å². The van der Waals surface area contributed by atoms with E-state index in [9.17, 15) is 19.8 Å². The van der Waals surface area contributed by atoms with E-state index in [2.05, 4.69) is 73.6 Å². The minimum atomic E-state index is -1.36. The quantitative estimate of drug-likeness (QED) is 0.118. The summed E-state index contributed by atoms with van der Waals surface area (Å²) < 4.78 is 0. The van der Waals surface area contributed by atoms with Crippen LogP contribution in [0.1, 0.15) is 140 Å². The van der Waals surface area contributed by atoms with Crippen LogP contribution in [0.4, 0.5) is 0 Å². The molecule has 0 aromatic carbocycles. The highest BCUT2D eigenvalue weighted by atomic mass is 16.3. The molecule has 0 bridgehead atoms. The average molecular weight is 619 g/mol. The van der Waals surface area contributed by atoms with Crippen LogP contribution in [-0.2, 0) is 9.59 Å². The molecule has 0 saturated carbocycles. The van der Waals surface area contributed by atoms with Crippen LogP contribution in [0.5, 0.6) is 0 Å². The second kappa shape index (κ2) is 19.4. The van der Waals surface area contributed by atoms with Gasteiger partial charge in [0.2, 0.25) is 0 Å². The lowest BCUT2D eigenvalue weighted by atomic mass is 9.66. The van der Waals surface area contributed by atoms with E-state index in [0.717, 1.165) is 55.2 Å². The van der Waals surface area contributed by atoms with Crippen LogP contribution in [0.15, 0.2) is 92.6 Å². The van der Waals surface area contributed by atoms with Gasteiger partial charge in [0.05, 0.1) is 5.41 Å². The number of Topliss-reactive ketones (excluding diaryl/α,β-unsaturated/α-hetero) is 2. The van der Waals surface area contributed by atoms with Crippen LogP contribution in [0.25, 0.3) is 0 Å². The highest BCUT2D eigenvalue weighted by molar-refractivity contribution is 6.24. The molecule has 0 aromatic heterocycles. The summed E-state index contributed by atoms with van der Waals surface area (Å²) in [4.78, 5) is 28.1. The number of allylic oxidation sites excluding steroid dienone is 15. The van der Waals surface area contributed by atoms with Crippen molar-refractivity contribution in [2.24, 2.45) is 11.3 Å². The SMILES string of the molecule is CC(C)=CCC/C(C)=C\CC1=C(O)C(C/C=C(\C)CCC=C(C)C)(C/C=C(\C)CCC=C(C)C)C(=O)C(C(=O)CC(C)C)=C1O. The summed E-state index contributed by atoms with van der Waals surface area (Å²) in [6, 6.07) is 0. The van der Waals surface area contributed by atoms with Crippen LogP contribution in [0.3, 0.4) is 0 Å². The van der Waals surface area contributed by atoms with E-state index >= 15 is 0 Å². The molecule has 0 heterocycles. The maximum Gasteiger partial charge on any atom is 0.184 e. The molecule has 0 atom stereocenters. The maximum absolute atomic E-state index is 14.5. The normalized spacial score (nSPS) is 15.9. The Morgan fingerprint density at radius 3 is 1.44 bits per heavy atom. The second-order valence-electron chi connectivity index (χ2n) is 14.2. The molecule has 2 N–H and O–H groups in total. The molecule has 0 fully saturated rings. The number of hydrogen-bond donors (Lipinski definition) is 2. The maximum atomic E-state index is 14.5. The fourth-order valence-electron chi connectivity index (χ4n) is 5.44. The zero-order valence-electron chi connectivity index (χ0n) is 30.3. The molecule has 45 heavy (non-hydrogen) atoms. The van der Waals surface area contributed by atoms with Gasteiger partial charge in [-0.05, 0) is 126 Å². The molecule has 0 amide bonds. The summed E-state index contributed by atoms with van der Waals surface area (Å²) in [5.41, 5.74) is 5.95. The van der Waals surface area contributed by atoms with Crippen molar-refractivity contribution in [1.29, 1.82) is 0 Å². The first-order chi connectivity index (χ1) is 21.0. The molecule has 0 radical (unpaired) electrons. The Bertz CT molecular complexity index is 1250. The topological polar surface area (TPSA) is 74.6 Å². The molecule has 1 aliphatic carbocycles. The lowest BCUT2D eigenvalue weighted by Crippen LogP contribution is -2.41. The third-order valence-corrected chi connectivity index (χ3v) is 8.32. The molecule has 0 aliphatic heterocycles. The number of carbonyl (C=O) groups is 2. The number of hydrogen-bond acceptors (Lipinski definition) is 4. The van der Waals surface area contributed by atoms with Crippen LogP contribution in [0, 0.1) is 11.3 Å². The fourth-order valence-corrected chi connectivity index (χ4v) is 5.44. The molecule has 0 aromatic rings. The van der Waals surface area contributed by atoms with E-state index in [0.29, 0.717) is 0 Å². The third-order valence-electron chi connectivity index (χ3n) is 8.32. The zero-order chi connectivity index (χ0) is 34.3. The number of aliphatic hydroxyl groups excluding tert-OH is 2. The van der Waals surface area contributed by atoms with E-state index in [4.69, 9.17) is 0 Å². The Labute approximate surface area is 275 Å². The van der Waals surface area contributed by atoms with Gasteiger partial charge in [-0.3, -0.25) is 9.59 Å². The molecular formula is C41H62O4. The Morgan fingerprint density at radius 1 is 0.667 bits per heavy atom. The van der Waals surface area contributed by atoms with Gasteiger partial charge < -0.3 is 10.2 Å². The Hall–Kier alpha value is -3.14. The van der Waals surface area contributed by atoms with Gasteiger partial charge in [-0.1, -0.05) is 83.7 Å². The van der Waals surface area contributed by atoms with Gasteiger partial charge in [0.25, 0.3) is 0 Å². The van der Waals surface area contributed by atoms with Crippen molar-refractivity contribution in [3.05, 3.63) is 92.6 Å². The molecule has 0 saturated heterocycles. The highest BCUT2D eigenvalue weighted by Gasteiger charge is 2.50. The van der Waals surface area contributed by atoms with Crippen LogP contribution >= 0.6 is 0 Å². The average Bonchev–Trinajstić information content (AvgIpc) is 2.91. The predicted molar refractivity (Wildman–Crippen MR) is 192 cm³/mol. The first-order valence-electron chi connectivity index (χ1n) is 16.8. The van der Waals surface area contributed by atoms with E-state index in [1.54, 1.807) is 0 Å². The molecule has 250 valence electrons. The van der Waals surface area contributed by atoms with Crippen molar-refractivity contribution >= 4 is 11.6 Å². The highest BCUT2D eigenvalue weighted by Crippen LogP contribution is 2.47. The molecule has 0 spiro atoms. The van der Waals surface area contributed by atoms with Gasteiger partial charge >= 0.3 is 0 Å².